The van der Waals surface area contributed by atoms with Gasteiger partial charge in [0.1, 0.15) is 6.04 Å². The lowest BCUT2D eigenvalue weighted by Gasteiger charge is -2.17. The van der Waals surface area contributed by atoms with Crippen LogP contribution in [0.15, 0.2) is 42.5 Å². The predicted octanol–water partition coefficient (Wildman–Crippen LogP) is 0.702. The number of nitrogens with two attached hydrogens (primary N) is 1. The van der Waals surface area contributed by atoms with Gasteiger partial charge >= 0.3 is 5.97 Å². The summed E-state index contributed by atoms with van der Waals surface area (Å²) in [6.07, 6.45) is 4.31. The average Bonchev–Trinajstić information content (AvgIpc) is 2.86. The molecule has 3 atom stereocenters. The molecule has 0 saturated heterocycles. The van der Waals surface area contributed by atoms with Crippen molar-refractivity contribution in [2.45, 2.75) is 24.9 Å². The van der Waals surface area contributed by atoms with E-state index < -0.39 is 12.0 Å². The summed E-state index contributed by atoms with van der Waals surface area (Å²) in [5.74, 6) is -1.64. The van der Waals surface area contributed by atoms with Crippen LogP contribution in [0, 0.1) is 5.92 Å². The summed E-state index contributed by atoms with van der Waals surface area (Å²) in [7, 11) is 0. The molecule has 1 aromatic rings. The lowest BCUT2D eigenvalue weighted by molar-refractivity contribution is -0.142. The number of aliphatic carboxylic acids is 1. The SMILES string of the molecule is NC1C=CC(C(=O)N[C@H](Cc2ccccc2)C(=O)O)C1. The maximum atomic E-state index is 12.0. The van der Waals surface area contributed by atoms with Crippen LogP contribution in [0.5, 0.6) is 0 Å². The first-order chi connectivity index (χ1) is 9.56. The number of carbonyl (C=O) groups is 2. The van der Waals surface area contributed by atoms with E-state index in [9.17, 15) is 14.7 Å². The van der Waals surface area contributed by atoms with Crippen LogP contribution >= 0.6 is 0 Å². The maximum Gasteiger partial charge on any atom is 0.326 e. The van der Waals surface area contributed by atoms with Crippen LogP contribution in [-0.2, 0) is 16.0 Å². The minimum atomic E-state index is -1.03. The highest BCUT2D eigenvalue weighted by atomic mass is 16.4. The summed E-state index contributed by atoms with van der Waals surface area (Å²) in [6.45, 7) is 0. The first-order valence-electron chi connectivity index (χ1n) is 6.57. The van der Waals surface area contributed by atoms with Gasteiger partial charge in [-0.15, -0.1) is 0 Å². The van der Waals surface area contributed by atoms with Crippen LogP contribution in [0.3, 0.4) is 0 Å². The molecule has 0 saturated carbocycles. The Kier molecular flexibility index (Phi) is 4.53. The summed E-state index contributed by atoms with van der Waals surface area (Å²) >= 11 is 0. The number of rotatable bonds is 5. The zero-order valence-corrected chi connectivity index (χ0v) is 11.0. The number of amides is 1. The molecular formula is C15H18N2O3. The summed E-state index contributed by atoms with van der Waals surface area (Å²) in [6, 6.07) is 8.19. The molecule has 1 aliphatic rings. The fourth-order valence-electron chi connectivity index (χ4n) is 2.25. The van der Waals surface area contributed by atoms with Crippen molar-refractivity contribution < 1.29 is 14.7 Å². The van der Waals surface area contributed by atoms with E-state index in [0.29, 0.717) is 6.42 Å². The van der Waals surface area contributed by atoms with E-state index in [-0.39, 0.29) is 24.3 Å². The Hall–Kier alpha value is -2.14. The predicted molar refractivity (Wildman–Crippen MR) is 74.9 cm³/mol. The van der Waals surface area contributed by atoms with Gasteiger partial charge in [-0.25, -0.2) is 4.79 Å². The van der Waals surface area contributed by atoms with Crippen LogP contribution < -0.4 is 11.1 Å². The fourth-order valence-corrected chi connectivity index (χ4v) is 2.25. The molecule has 0 heterocycles. The van der Waals surface area contributed by atoms with Crippen molar-refractivity contribution in [3.8, 4) is 0 Å². The molecule has 2 unspecified atom stereocenters. The van der Waals surface area contributed by atoms with E-state index in [2.05, 4.69) is 5.32 Å². The highest BCUT2D eigenvalue weighted by Gasteiger charge is 2.27. The molecule has 1 amide bonds. The number of carbonyl (C=O) groups excluding carboxylic acids is 1. The first-order valence-corrected chi connectivity index (χ1v) is 6.57. The van der Waals surface area contributed by atoms with Crippen LogP contribution in [0.1, 0.15) is 12.0 Å². The minimum absolute atomic E-state index is 0.122. The summed E-state index contributed by atoms with van der Waals surface area (Å²) in [5, 5.41) is 11.8. The van der Waals surface area contributed by atoms with Gasteiger partial charge in [-0.2, -0.15) is 0 Å². The highest BCUT2D eigenvalue weighted by Crippen LogP contribution is 2.16. The molecule has 5 nitrogen and oxygen atoms in total. The molecule has 0 aliphatic heterocycles. The third-order valence-corrected chi connectivity index (χ3v) is 3.35. The summed E-state index contributed by atoms with van der Waals surface area (Å²) in [4.78, 5) is 23.3. The normalized spacial score (nSPS) is 22.4. The van der Waals surface area contributed by atoms with Crippen molar-refractivity contribution in [2.75, 3.05) is 0 Å². The minimum Gasteiger partial charge on any atom is -0.480 e. The van der Waals surface area contributed by atoms with Gasteiger partial charge in [-0.1, -0.05) is 42.5 Å². The van der Waals surface area contributed by atoms with Crippen molar-refractivity contribution >= 4 is 11.9 Å². The smallest absolute Gasteiger partial charge is 0.326 e. The van der Waals surface area contributed by atoms with Crippen LogP contribution in [0.25, 0.3) is 0 Å². The van der Waals surface area contributed by atoms with Gasteiger partial charge in [0.25, 0.3) is 0 Å². The third kappa shape index (κ3) is 3.68. The maximum absolute atomic E-state index is 12.0. The molecular weight excluding hydrogens is 256 g/mol. The van der Waals surface area contributed by atoms with Gasteiger partial charge in [-0.05, 0) is 12.0 Å². The van der Waals surface area contributed by atoms with Crippen LogP contribution in [-0.4, -0.2) is 29.1 Å². The Morgan fingerprint density at radius 1 is 1.30 bits per heavy atom. The molecule has 1 aromatic carbocycles. The Bertz CT molecular complexity index is 513. The standard InChI is InChI=1S/C15H18N2O3/c16-12-7-6-11(9-12)14(18)17-13(15(19)20)8-10-4-2-1-3-5-10/h1-7,11-13H,8-9,16H2,(H,17,18)(H,19,20)/t11?,12?,13-/m1/s1. The van der Waals surface area contributed by atoms with Gasteiger partial charge in [0.15, 0.2) is 0 Å². The zero-order chi connectivity index (χ0) is 14.5. The van der Waals surface area contributed by atoms with Gasteiger partial charge in [-0.3, -0.25) is 4.79 Å². The van der Waals surface area contributed by atoms with Gasteiger partial charge in [0.2, 0.25) is 5.91 Å². The number of hydrogen-bond acceptors (Lipinski definition) is 3. The Morgan fingerprint density at radius 2 is 2.00 bits per heavy atom. The number of hydrogen-bond donors (Lipinski definition) is 3. The number of nitrogens with one attached hydrogen (secondary N) is 1. The molecule has 0 fully saturated rings. The first kappa shape index (κ1) is 14.3. The second-order valence-corrected chi connectivity index (χ2v) is 4.98. The van der Waals surface area contributed by atoms with E-state index in [4.69, 9.17) is 5.73 Å². The largest absolute Gasteiger partial charge is 0.480 e. The second kappa shape index (κ2) is 6.34. The third-order valence-electron chi connectivity index (χ3n) is 3.35. The zero-order valence-electron chi connectivity index (χ0n) is 11.0. The van der Waals surface area contributed by atoms with Crippen molar-refractivity contribution in [1.29, 1.82) is 0 Å². The number of carboxylic acids is 1. The molecule has 20 heavy (non-hydrogen) atoms. The molecule has 0 spiro atoms. The Labute approximate surface area is 117 Å². The summed E-state index contributed by atoms with van der Waals surface area (Å²) in [5.41, 5.74) is 6.57. The monoisotopic (exact) mass is 274 g/mol. The highest BCUT2D eigenvalue weighted by molar-refractivity contribution is 5.86. The fraction of sp³-hybridized carbons (Fsp3) is 0.333. The van der Waals surface area contributed by atoms with Crippen molar-refractivity contribution in [3.63, 3.8) is 0 Å². The van der Waals surface area contributed by atoms with Crippen molar-refractivity contribution in [1.82, 2.24) is 5.32 Å². The molecule has 0 aromatic heterocycles. The molecule has 0 radical (unpaired) electrons. The van der Waals surface area contributed by atoms with Crippen molar-refractivity contribution in [2.24, 2.45) is 11.7 Å². The van der Waals surface area contributed by atoms with Gasteiger partial charge < -0.3 is 16.2 Å². The lowest BCUT2D eigenvalue weighted by Crippen LogP contribution is -2.44. The Morgan fingerprint density at radius 3 is 2.55 bits per heavy atom. The molecule has 4 N–H and O–H groups in total. The molecule has 1 aliphatic carbocycles. The molecule has 2 rings (SSSR count). The molecule has 106 valence electrons. The van der Waals surface area contributed by atoms with Crippen LogP contribution in [0.2, 0.25) is 0 Å². The number of carboxylic acid groups (broad SMARTS) is 1. The quantitative estimate of drug-likeness (QED) is 0.689. The average molecular weight is 274 g/mol. The summed E-state index contributed by atoms with van der Waals surface area (Å²) < 4.78 is 0. The van der Waals surface area contributed by atoms with E-state index in [1.54, 1.807) is 12.2 Å². The lowest BCUT2D eigenvalue weighted by atomic mass is 10.0. The molecule has 0 bridgehead atoms. The molecule has 5 heteroatoms. The van der Waals surface area contributed by atoms with E-state index in [0.717, 1.165) is 5.56 Å². The van der Waals surface area contributed by atoms with Crippen LogP contribution in [0.4, 0.5) is 0 Å². The second-order valence-electron chi connectivity index (χ2n) is 4.98. The van der Waals surface area contributed by atoms with Crippen molar-refractivity contribution in [3.05, 3.63) is 48.0 Å². The Balaban J connectivity index is 1.98. The topological polar surface area (TPSA) is 92.4 Å². The number of benzene rings is 1. The van der Waals surface area contributed by atoms with Gasteiger partial charge in [0.05, 0.1) is 5.92 Å². The van der Waals surface area contributed by atoms with E-state index in [1.807, 2.05) is 30.3 Å². The van der Waals surface area contributed by atoms with Gasteiger partial charge in [0, 0.05) is 12.5 Å². The van der Waals surface area contributed by atoms with E-state index in [1.165, 1.54) is 0 Å². The van der Waals surface area contributed by atoms with E-state index >= 15 is 0 Å².